The summed E-state index contributed by atoms with van der Waals surface area (Å²) in [4.78, 5) is 28.0. The summed E-state index contributed by atoms with van der Waals surface area (Å²) in [5.74, 6) is -0.00801. The summed E-state index contributed by atoms with van der Waals surface area (Å²) in [7, 11) is 0. The molecule has 136 valence electrons. The Kier molecular flexibility index (Phi) is 5.84. The van der Waals surface area contributed by atoms with Crippen LogP contribution < -0.4 is 4.74 Å². The van der Waals surface area contributed by atoms with E-state index in [2.05, 4.69) is 0 Å². The average Bonchev–Trinajstić information content (AvgIpc) is 2.91. The van der Waals surface area contributed by atoms with Crippen molar-refractivity contribution in [3.63, 3.8) is 0 Å². The fourth-order valence-corrected chi connectivity index (χ4v) is 2.92. The van der Waals surface area contributed by atoms with E-state index in [4.69, 9.17) is 4.74 Å². The first-order chi connectivity index (χ1) is 12.6. The number of benzene rings is 2. The Bertz CT molecular complexity index is 767. The Morgan fingerprint density at radius 1 is 0.885 bits per heavy atom. The monoisotopic (exact) mass is 356 g/mol. The van der Waals surface area contributed by atoms with Crippen molar-refractivity contribution in [1.82, 2.24) is 9.80 Å². The van der Waals surface area contributed by atoms with Gasteiger partial charge in [-0.25, -0.2) is 9.18 Å². The third-order valence-electron chi connectivity index (χ3n) is 4.35. The molecule has 0 aliphatic carbocycles. The summed E-state index contributed by atoms with van der Waals surface area (Å²) < 4.78 is 19.1. The van der Waals surface area contributed by atoms with Gasteiger partial charge in [0.15, 0.2) is 0 Å². The van der Waals surface area contributed by atoms with Gasteiger partial charge in [-0.1, -0.05) is 36.4 Å². The van der Waals surface area contributed by atoms with Crippen molar-refractivity contribution in [2.24, 2.45) is 0 Å². The Labute approximate surface area is 152 Å². The number of hydrogen-bond donors (Lipinski definition) is 0. The summed E-state index contributed by atoms with van der Waals surface area (Å²) in [5.41, 5.74) is 0.391. The van der Waals surface area contributed by atoms with Crippen molar-refractivity contribution in [2.75, 3.05) is 26.2 Å². The molecule has 0 radical (unpaired) electrons. The minimum absolute atomic E-state index is 0.0289. The minimum Gasteiger partial charge on any atom is -0.410 e. The van der Waals surface area contributed by atoms with E-state index >= 15 is 0 Å². The van der Waals surface area contributed by atoms with Crippen molar-refractivity contribution in [1.29, 1.82) is 0 Å². The van der Waals surface area contributed by atoms with E-state index in [1.165, 1.54) is 6.07 Å². The van der Waals surface area contributed by atoms with Crippen LogP contribution in [0.1, 0.15) is 12.0 Å². The number of carbonyl (C=O) groups excluding carboxylic acids is 2. The molecule has 1 aliphatic rings. The highest BCUT2D eigenvalue weighted by atomic mass is 19.1. The van der Waals surface area contributed by atoms with Gasteiger partial charge < -0.3 is 14.5 Å². The highest BCUT2D eigenvalue weighted by Crippen LogP contribution is 2.13. The SMILES string of the molecule is O=C(Cc1ccccc1F)N1CCCN(C(=O)Oc2ccccc2)CC1. The van der Waals surface area contributed by atoms with Crippen LogP contribution in [0.3, 0.4) is 0 Å². The van der Waals surface area contributed by atoms with Crippen LogP contribution in [-0.2, 0) is 11.2 Å². The number of halogens is 1. The largest absolute Gasteiger partial charge is 0.415 e. The molecule has 5 nitrogen and oxygen atoms in total. The molecule has 0 aromatic heterocycles. The normalized spacial score (nSPS) is 14.7. The van der Waals surface area contributed by atoms with Gasteiger partial charge in [0, 0.05) is 26.2 Å². The molecule has 0 N–H and O–H groups in total. The van der Waals surface area contributed by atoms with E-state index < -0.39 is 6.09 Å². The van der Waals surface area contributed by atoms with Crippen LogP contribution in [0.5, 0.6) is 5.75 Å². The summed E-state index contributed by atoms with van der Waals surface area (Å²) >= 11 is 0. The maximum absolute atomic E-state index is 13.7. The molecule has 3 rings (SSSR count). The van der Waals surface area contributed by atoms with Crippen LogP contribution in [0, 0.1) is 5.82 Å². The Morgan fingerprint density at radius 3 is 2.31 bits per heavy atom. The lowest BCUT2D eigenvalue weighted by molar-refractivity contribution is -0.130. The molecule has 0 unspecified atom stereocenters. The van der Waals surface area contributed by atoms with E-state index in [9.17, 15) is 14.0 Å². The third kappa shape index (κ3) is 4.59. The van der Waals surface area contributed by atoms with Crippen molar-refractivity contribution >= 4 is 12.0 Å². The standard InChI is InChI=1S/C20H21FN2O3/c21-18-10-5-4-7-16(18)15-19(24)22-11-6-12-23(14-13-22)20(25)26-17-8-2-1-3-9-17/h1-5,7-10H,6,11-15H2. The van der Waals surface area contributed by atoms with Gasteiger partial charge in [-0.3, -0.25) is 4.79 Å². The quantitative estimate of drug-likeness (QED) is 0.849. The number of ether oxygens (including phenoxy) is 1. The molecular formula is C20H21FN2O3. The molecule has 1 aliphatic heterocycles. The summed E-state index contributed by atoms with van der Waals surface area (Å²) in [6, 6.07) is 15.2. The number of rotatable bonds is 3. The van der Waals surface area contributed by atoms with Crippen molar-refractivity contribution < 1.29 is 18.7 Å². The molecule has 0 bridgehead atoms. The van der Waals surface area contributed by atoms with Gasteiger partial charge in [0.1, 0.15) is 11.6 Å². The lowest BCUT2D eigenvalue weighted by Crippen LogP contribution is -2.39. The smallest absolute Gasteiger partial charge is 0.410 e. The first-order valence-corrected chi connectivity index (χ1v) is 8.66. The molecular weight excluding hydrogens is 335 g/mol. The van der Waals surface area contributed by atoms with E-state index in [1.54, 1.807) is 52.3 Å². The van der Waals surface area contributed by atoms with Crippen molar-refractivity contribution in [3.05, 3.63) is 66.0 Å². The number of para-hydroxylation sites is 1. The highest BCUT2D eigenvalue weighted by molar-refractivity contribution is 5.79. The topological polar surface area (TPSA) is 49.9 Å². The third-order valence-corrected chi connectivity index (χ3v) is 4.35. The van der Waals surface area contributed by atoms with Crippen LogP contribution in [0.15, 0.2) is 54.6 Å². The van der Waals surface area contributed by atoms with Gasteiger partial charge in [0.2, 0.25) is 5.91 Å². The number of hydrogen-bond acceptors (Lipinski definition) is 3. The van der Waals surface area contributed by atoms with Gasteiger partial charge in [-0.2, -0.15) is 0 Å². The number of carbonyl (C=O) groups is 2. The number of nitrogens with zero attached hydrogens (tertiary/aromatic N) is 2. The molecule has 2 aromatic rings. The zero-order valence-electron chi connectivity index (χ0n) is 14.4. The second-order valence-electron chi connectivity index (χ2n) is 6.17. The predicted octanol–water partition coefficient (Wildman–Crippen LogP) is 3.10. The van der Waals surface area contributed by atoms with Gasteiger partial charge in [0.25, 0.3) is 0 Å². The number of amides is 2. The molecule has 1 fully saturated rings. The summed E-state index contributed by atoms with van der Waals surface area (Å²) in [6.07, 6.45) is 0.271. The zero-order chi connectivity index (χ0) is 18.4. The average molecular weight is 356 g/mol. The zero-order valence-corrected chi connectivity index (χ0v) is 14.4. The molecule has 1 heterocycles. The maximum atomic E-state index is 13.7. The molecule has 0 atom stereocenters. The predicted molar refractivity (Wildman–Crippen MR) is 95.3 cm³/mol. The first kappa shape index (κ1) is 17.9. The van der Waals surface area contributed by atoms with Crippen LogP contribution in [0.2, 0.25) is 0 Å². The molecule has 2 amide bonds. The molecule has 0 spiro atoms. The summed E-state index contributed by atoms with van der Waals surface area (Å²) in [6.45, 7) is 1.88. The Hall–Kier alpha value is -2.89. The molecule has 2 aromatic carbocycles. The van der Waals surface area contributed by atoms with Crippen LogP contribution in [-0.4, -0.2) is 48.0 Å². The fraction of sp³-hybridized carbons (Fsp3) is 0.300. The van der Waals surface area contributed by atoms with Gasteiger partial charge in [-0.05, 0) is 30.2 Å². The Morgan fingerprint density at radius 2 is 1.54 bits per heavy atom. The van der Waals surface area contributed by atoms with E-state index in [1.807, 2.05) is 6.07 Å². The second kappa shape index (κ2) is 8.47. The van der Waals surface area contributed by atoms with Crippen molar-refractivity contribution in [3.8, 4) is 5.75 Å². The van der Waals surface area contributed by atoms with E-state index in [0.29, 0.717) is 43.9 Å². The molecule has 6 heteroatoms. The van der Waals surface area contributed by atoms with E-state index in [-0.39, 0.29) is 18.1 Å². The fourth-order valence-electron chi connectivity index (χ4n) is 2.92. The molecule has 26 heavy (non-hydrogen) atoms. The van der Waals surface area contributed by atoms with Crippen LogP contribution in [0.4, 0.5) is 9.18 Å². The molecule has 1 saturated heterocycles. The lowest BCUT2D eigenvalue weighted by atomic mass is 10.1. The Balaban J connectivity index is 1.55. The van der Waals surface area contributed by atoms with Gasteiger partial charge >= 0.3 is 6.09 Å². The van der Waals surface area contributed by atoms with Crippen LogP contribution >= 0.6 is 0 Å². The van der Waals surface area contributed by atoms with Crippen molar-refractivity contribution in [2.45, 2.75) is 12.8 Å². The minimum atomic E-state index is -0.417. The maximum Gasteiger partial charge on any atom is 0.415 e. The lowest BCUT2D eigenvalue weighted by Gasteiger charge is -2.22. The van der Waals surface area contributed by atoms with Crippen LogP contribution in [0.25, 0.3) is 0 Å². The highest BCUT2D eigenvalue weighted by Gasteiger charge is 2.23. The molecule has 0 saturated carbocycles. The first-order valence-electron chi connectivity index (χ1n) is 8.66. The van der Waals surface area contributed by atoms with Gasteiger partial charge in [0.05, 0.1) is 6.42 Å². The van der Waals surface area contributed by atoms with E-state index in [0.717, 1.165) is 0 Å². The second-order valence-corrected chi connectivity index (χ2v) is 6.17. The summed E-state index contributed by atoms with van der Waals surface area (Å²) in [5, 5.41) is 0. The van der Waals surface area contributed by atoms with Gasteiger partial charge in [-0.15, -0.1) is 0 Å².